The molecule has 0 bridgehead atoms. The van der Waals surface area contributed by atoms with E-state index in [4.69, 9.17) is 26.8 Å². The van der Waals surface area contributed by atoms with E-state index in [1.807, 2.05) is 0 Å². The Morgan fingerprint density at radius 3 is 1.56 bits per heavy atom. The van der Waals surface area contributed by atoms with Gasteiger partial charge in [0.25, 0.3) is 5.09 Å². The van der Waals surface area contributed by atoms with Gasteiger partial charge in [0.2, 0.25) is 0 Å². The predicted molar refractivity (Wildman–Crippen MR) is 26.9 cm³/mol. The van der Waals surface area contributed by atoms with E-state index in [0.29, 0.717) is 13.1 Å². The molecule has 0 aliphatic heterocycles. The van der Waals surface area contributed by atoms with E-state index in [0.717, 1.165) is 0 Å². The van der Waals surface area contributed by atoms with Crippen molar-refractivity contribution in [1.29, 1.82) is 0 Å². The molecule has 0 aromatic rings. The normalized spacial score (nSPS) is 6.00. The molecular formula is C2H9N3O3Zn. The molecule has 9 heavy (non-hydrogen) atoms. The molecule has 6 nitrogen and oxygen atoms in total. The van der Waals surface area contributed by atoms with Crippen LogP contribution in [0, 0.1) is 10.1 Å². The molecule has 0 aromatic carbocycles. The Kier molecular flexibility index (Phi) is 27.6. The van der Waals surface area contributed by atoms with Crippen molar-refractivity contribution >= 4 is 0 Å². The van der Waals surface area contributed by atoms with Crippen LogP contribution in [0.15, 0.2) is 0 Å². The Morgan fingerprint density at radius 1 is 1.44 bits per heavy atom. The van der Waals surface area contributed by atoms with Crippen molar-refractivity contribution in [2.75, 3.05) is 13.1 Å². The molecule has 7 heteroatoms. The van der Waals surface area contributed by atoms with Gasteiger partial charge < -0.3 is 16.7 Å². The first-order valence-corrected chi connectivity index (χ1v) is 1.88. The Labute approximate surface area is 65.1 Å². The molecule has 0 aliphatic carbocycles. The van der Waals surface area contributed by atoms with Crippen LogP contribution >= 0.6 is 0 Å². The summed E-state index contributed by atoms with van der Waals surface area (Å²) in [5.74, 6) is 0. The molecule has 52 valence electrons. The number of nitrogens with zero attached hydrogens (tertiary/aromatic N) is 1. The molecule has 5 N–H and O–H groups in total. The standard InChI is InChI=1S/C2H8N2.HNO3.Zn/c3-1-2-4;2-1(3)4;/h1-4H2;(H,2,3,4);. The van der Waals surface area contributed by atoms with Gasteiger partial charge in [-0.1, -0.05) is 0 Å². The van der Waals surface area contributed by atoms with E-state index < -0.39 is 5.09 Å². The minimum Gasteiger partial charge on any atom is -0.329 e. The van der Waals surface area contributed by atoms with Crippen LogP contribution in [-0.2, 0) is 19.5 Å². The summed E-state index contributed by atoms with van der Waals surface area (Å²) in [5, 5.41) is 13.6. The van der Waals surface area contributed by atoms with E-state index in [-0.39, 0.29) is 19.5 Å². The SMILES string of the molecule is NCCN.O=[N+]([O-])O.[Zn]. The zero-order valence-electron chi connectivity index (χ0n) is 4.99. The van der Waals surface area contributed by atoms with Gasteiger partial charge in [-0.05, 0) is 0 Å². The van der Waals surface area contributed by atoms with Gasteiger partial charge in [0.15, 0.2) is 0 Å². The van der Waals surface area contributed by atoms with Crippen LogP contribution in [0.3, 0.4) is 0 Å². The quantitative estimate of drug-likeness (QED) is 0.265. The van der Waals surface area contributed by atoms with E-state index in [1.54, 1.807) is 0 Å². The fraction of sp³-hybridized carbons (Fsp3) is 1.00. The summed E-state index contributed by atoms with van der Waals surface area (Å²) in [4.78, 5) is 8.36. The van der Waals surface area contributed by atoms with Gasteiger partial charge >= 0.3 is 0 Å². The molecule has 0 rings (SSSR count). The van der Waals surface area contributed by atoms with Gasteiger partial charge in [0.05, 0.1) is 0 Å². The van der Waals surface area contributed by atoms with Crippen LogP contribution in [0.25, 0.3) is 0 Å². The van der Waals surface area contributed by atoms with Crippen LogP contribution < -0.4 is 11.5 Å². The Morgan fingerprint density at radius 2 is 1.56 bits per heavy atom. The largest absolute Gasteiger partial charge is 0.329 e. The van der Waals surface area contributed by atoms with Crippen molar-refractivity contribution in [2.45, 2.75) is 0 Å². The first-order chi connectivity index (χ1) is 3.65. The zero-order chi connectivity index (χ0) is 6.99. The van der Waals surface area contributed by atoms with Crippen LogP contribution in [0.5, 0.6) is 0 Å². The van der Waals surface area contributed by atoms with E-state index in [1.165, 1.54) is 0 Å². The fourth-order valence-electron chi connectivity index (χ4n) is 0. The van der Waals surface area contributed by atoms with Gasteiger partial charge in [-0.3, -0.25) is 0 Å². The fourth-order valence-corrected chi connectivity index (χ4v) is 0. The summed E-state index contributed by atoms with van der Waals surface area (Å²) in [6.45, 7) is 1.19. The molecule has 0 aromatic heterocycles. The summed E-state index contributed by atoms with van der Waals surface area (Å²) in [7, 11) is 0. The van der Waals surface area contributed by atoms with Crippen molar-refractivity contribution in [3.8, 4) is 0 Å². The second-order valence-electron chi connectivity index (χ2n) is 0.815. The molecule has 0 fully saturated rings. The summed E-state index contributed by atoms with van der Waals surface area (Å²) in [6.07, 6.45) is 0. The topological polar surface area (TPSA) is 115 Å². The summed E-state index contributed by atoms with van der Waals surface area (Å²) in [5.41, 5.74) is 9.81. The van der Waals surface area contributed by atoms with Crippen molar-refractivity contribution in [3.05, 3.63) is 10.1 Å². The molecule has 0 saturated heterocycles. The van der Waals surface area contributed by atoms with Gasteiger partial charge in [-0.15, -0.1) is 10.1 Å². The minimum absolute atomic E-state index is 0. The van der Waals surface area contributed by atoms with Gasteiger partial charge in [0, 0.05) is 32.6 Å². The maximum Gasteiger partial charge on any atom is 0.291 e. The third-order valence-electron chi connectivity index (χ3n) is 0.167. The maximum atomic E-state index is 8.36. The predicted octanol–water partition coefficient (Wildman–Crippen LogP) is -1.45. The number of rotatable bonds is 1. The van der Waals surface area contributed by atoms with Crippen LogP contribution in [0.2, 0.25) is 0 Å². The monoisotopic (exact) mass is 187 g/mol. The molecule has 0 radical (unpaired) electrons. The molecule has 0 saturated carbocycles. The van der Waals surface area contributed by atoms with E-state index in [9.17, 15) is 0 Å². The molecule has 0 heterocycles. The molecule has 0 atom stereocenters. The number of hydrogen-bond donors (Lipinski definition) is 3. The summed E-state index contributed by atoms with van der Waals surface area (Å²) < 4.78 is 0. The van der Waals surface area contributed by atoms with E-state index >= 15 is 0 Å². The number of hydrogen-bond acceptors (Lipinski definition) is 4. The molecule has 0 aliphatic rings. The van der Waals surface area contributed by atoms with Gasteiger partial charge in [0.1, 0.15) is 0 Å². The first-order valence-electron chi connectivity index (χ1n) is 1.88. The minimum atomic E-state index is -1.50. The Balaban J connectivity index is -0.0000000720. The van der Waals surface area contributed by atoms with Gasteiger partial charge in [-0.2, -0.15) is 0 Å². The Hall–Kier alpha value is -0.257. The third kappa shape index (κ3) is 462. The smallest absolute Gasteiger partial charge is 0.291 e. The average molecular weight is 189 g/mol. The molecule has 0 spiro atoms. The van der Waals surface area contributed by atoms with Crippen LogP contribution in [-0.4, -0.2) is 23.4 Å². The second-order valence-corrected chi connectivity index (χ2v) is 0.815. The summed E-state index contributed by atoms with van der Waals surface area (Å²) in [6, 6.07) is 0. The van der Waals surface area contributed by atoms with Gasteiger partial charge in [-0.25, -0.2) is 0 Å². The molecule has 0 amide bonds. The van der Waals surface area contributed by atoms with E-state index in [2.05, 4.69) is 0 Å². The third-order valence-corrected chi connectivity index (χ3v) is 0.167. The molecular weight excluding hydrogens is 179 g/mol. The van der Waals surface area contributed by atoms with Crippen LogP contribution in [0.1, 0.15) is 0 Å². The second kappa shape index (κ2) is 15.6. The Bertz CT molecular complexity index is 55.0. The summed E-state index contributed by atoms with van der Waals surface area (Å²) >= 11 is 0. The maximum absolute atomic E-state index is 8.36. The average Bonchev–Trinajstić information content (AvgIpc) is 1.65. The first kappa shape index (κ1) is 15.9. The zero-order valence-corrected chi connectivity index (χ0v) is 7.95. The van der Waals surface area contributed by atoms with Crippen molar-refractivity contribution in [2.24, 2.45) is 11.5 Å². The molecule has 0 unspecified atom stereocenters. The van der Waals surface area contributed by atoms with Crippen LogP contribution in [0.4, 0.5) is 0 Å². The number of nitrogens with two attached hydrogens (primary N) is 2. The van der Waals surface area contributed by atoms with Crippen molar-refractivity contribution < 1.29 is 29.8 Å². The van der Waals surface area contributed by atoms with Crippen molar-refractivity contribution in [1.82, 2.24) is 0 Å². The van der Waals surface area contributed by atoms with Crippen molar-refractivity contribution in [3.63, 3.8) is 0 Å².